The molecule has 1 N–H and O–H groups in total. The van der Waals surface area contributed by atoms with Crippen LogP contribution in [0.4, 0.5) is 0 Å². The van der Waals surface area contributed by atoms with E-state index < -0.39 is 5.97 Å². The van der Waals surface area contributed by atoms with E-state index in [9.17, 15) is 4.79 Å². The monoisotopic (exact) mass is 276 g/mol. The first-order chi connectivity index (χ1) is 9.49. The molecular weight excluding hydrogens is 256 g/mol. The quantitative estimate of drug-likeness (QED) is 0.639. The molecule has 0 amide bonds. The highest BCUT2D eigenvalue weighted by molar-refractivity contribution is 5.86. The topological polar surface area (TPSA) is 55.8 Å². The third-order valence-electron chi connectivity index (χ3n) is 2.79. The van der Waals surface area contributed by atoms with Gasteiger partial charge in [0.15, 0.2) is 0 Å². The normalized spacial score (nSPS) is 10.4. The number of ether oxygens (including phenoxy) is 2. The molecule has 0 bridgehead atoms. The smallest absolute Gasteiger partial charge is 0.328 e. The van der Waals surface area contributed by atoms with Crippen molar-refractivity contribution in [1.29, 1.82) is 0 Å². The van der Waals surface area contributed by atoms with Gasteiger partial charge < -0.3 is 14.6 Å². The number of carboxylic acid groups (broad SMARTS) is 1. The predicted octanol–water partition coefficient (Wildman–Crippen LogP) is 3.31. The third kappa shape index (κ3) is 4.16. The van der Waals surface area contributed by atoms with Crippen LogP contribution in [-0.4, -0.2) is 25.3 Å². The number of carbonyl (C=O) groups is 1. The first-order valence-corrected chi connectivity index (χ1v) is 6.27. The molecule has 0 fully saturated rings. The number of allylic oxidation sites excluding steroid dienone is 2. The van der Waals surface area contributed by atoms with E-state index in [0.717, 1.165) is 17.4 Å². The summed E-state index contributed by atoms with van der Waals surface area (Å²) >= 11 is 0. The van der Waals surface area contributed by atoms with Gasteiger partial charge in [0.05, 0.1) is 14.2 Å². The minimum absolute atomic E-state index is 0.638. The molecule has 0 aliphatic heterocycles. The molecule has 0 saturated heterocycles. The second-order valence-corrected chi connectivity index (χ2v) is 4.53. The number of hydrogen-bond acceptors (Lipinski definition) is 3. The first kappa shape index (κ1) is 15.8. The zero-order valence-corrected chi connectivity index (χ0v) is 12.3. The van der Waals surface area contributed by atoms with Crippen molar-refractivity contribution in [3.63, 3.8) is 0 Å². The Labute approximate surface area is 119 Å². The van der Waals surface area contributed by atoms with Gasteiger partial charge in [0.2, 0.25) is 0 Å². The van der Waals surface area contributed by atoms with E-state index in [0.29, 0.717) is 17.7 Å². The summed E-state index contributed by atoms with van der Waals surface area (Å²) in [5.41, 5.74) is 2.82. The van der Waals surface area contributed by atoms with Crippen molar-refractivity contribution in [3.05, 3.63) is 41.0 Å². The molecule has 20 heavy (non-hydrogen) atoms. The number of methoxy groups -OCH3 is 2. The molecule has 0 unspecified atom stereocenters. The van der Waals surface area contributed by atoms with E-state index in [-0.39, 0.29) is 0 Å². The summed E-state index contributed by atoms with van der Waals surface area (Å²) in [6.45, 7) is 4.04. The molecule has 0 saturated carbocycles. The molecule has 1 aromatic carbocycles. The number of aliphatic carboxylic acids is 1. The molecule has 0 aliphatic carbocycles. The van der Waals surface area contributed by atoms with E-state index in [1.165, 1.54) is 11.6 Å². The van der Waals surface area contributed by atoms with Gasteiger partial charge in [-0.05, 0) is 38.5 Å². The van der Waals surface area contributed by atoms with Crippen LogP contribution in [0.5, 0.6) is 11.5 Å². The number of hydrogen-bond donors (Lipinski definition) is 1. The fraction of sp³-hybridized carbons (Fsp3) is 0.312. The lowest BCUT2D eigenvalue weighted by Gasteiger charge is -2.14. The first-order valence-electron chi connectivity index (χ1n) is 6.27. The highest BCUT2D eigenvalue weighted by atomic mass is 16.5. The second-order valence-electron chi connectivity index (χ2n) is 4.53. The van der Waals surface area contributed by atoms with Gasteiger partial charge in [-0.2, -0.15) is 0 Å². The Kier molecular flexibility index (Phi) is 5.84. The van der Waals surface area contributed by atoms with E-state index in [4.69, 9.17) is 14.6 Å². The largest absolute Gasteiger partial charge is 0.496 e. The molecule has 0 spiro atoms. The van der Waals surface area contributed by atoms with Crippen LogP contribution in [0, 0.1) is 0 Å². The second kappa shape index (κ2) is 7.38. The van der Waals surface area contributed by atoms with Crippen LogP contribution in [-0.2, 0) is 11.2 Å². The Hall–Kier alpha value is -2.23. The lowest BCUT2D eigenvalue weighted by molar-refractivity contribution is -0.131. The van der Waals surface area contributed by atoms with Crippen molar-refractivity contribution < 1.29 is 19.4 Å². The molecule has 108 valence electrons. The van der Waals surface area contributed by atoms with Crippen molar-refractivity contribution >= 4 is 12.0 Å². The highest BCUT2D eigenvalue weighted by Gasteiger charge is 2.12. The van der Waals surface area contributed by atoms with Gasteiger partial charge >= 0.3 is 5.97 Å². The molecule has 4 nitrogen and oxygen atoms in total. The van der Waals surface area contributed by atoms with Crippen LogP contribution in [0.1, 0.15) is 25.0 Å². The van der Waals surface area contributed by atoms with Crippen LogP contribution in [0.2, 0.25) is 0 Å². The maximum absolute atomic E-state index is 10.6. The van der Waals surface area contributed by atoms with Crippen LogP contribution in [0.3, 0.4) is 0 Å². The fourth-order valence-electron chi connectivity index (χ4n) is 1.85. The Morgan fingerprint density at radius 2 is 1.95 bits per heavy atom. The van der Waals surface area contributed by atoms with Crippen LogP contribution in [0.25, 0.3) is 6.08 Å². The standard InChI is InChI=1S/C16H20O4/c1-11(2)5-8-13-14(19-3)9-6-12(16(13)20-4)7-10-15(17)18/h5-7,9-10H,8H2,1-4H3,(H,17,18). The summed E-state index contributed by atoms with van der Waals surface area (Å²) < 4.78 is 10.8. The minimum Gasteiger partial charge on any atom is -0.496 e. The summed E-state index contributed by atoms with van der Waals surface area (Å²) in [5, 5.41) is 8.72. The van der Waals surface area contributed by atoms with E-state index in [1.54, 1.807) is 20.3 Å². The van der Waals surface area contributed by atoms with E-state index in [2.05, 4.69) is 6.08 Å². The Morgan fingerprint density at radius 1 is 1.25 bits per heavy atom. The van der Waals surface area contributed by atoms with Gasteiger partial charge in [-0.25, -0.2) is 4.79 Å². The summed E-state index contributed by atoms with van der Waals surface area (Å²) in [7, 11) is 3.17. The van der Waals surface area contributed by atoms with Gasteiger partial charge in [0.1, 0.15) is 11.5 Å². The number of benzene rings is 1. The summed E-state index contributed by atoms with van der Waals surface area (Å²) in [6, 6.07) is 3.60. The highest BCUT2D eigenvalue weighted by Crippen LogP contribution is 2.33. The summed E-state index contributed by atoms with van der Waals surface area (Å²) in [4.78, 5) is 10.6. The molecule has 0 atom stereocenters. The van der Waals surface area contributed by atoms with Crippen molar-refractivity contribution in [3.8, 4) is 11.5 Å². The maximum Gasteiger partial charge on any atom is 0.328 e. The predicted molar refractivity (Wildman–Crippen MR) is 79.4 cm³/mol. The van der Waals surface area contributed by atoms with E-state index >= 15 is 0 Å². The van der Waals surface area contributed by atoms with Crippen molar-refractivity contribution in [2.75, 3.05) is 14.2 Å². The average molecular weight is 276 g/mol. The number of rotatable bonds is 6. The fourth-order valence-corrected chi connectivity index (χ4v) is 1.85. The van der Waals surface area contributed by atoms with Crippen LogP contribution < -0.4 is 9.47 Å². The van der Waals surface area contributed by atoms with Crippen molar-refractivity contribution in [2.45, 2.75) is 20.3 Å². The average Bonchev–Trinajstić information content (AvgIpc) is 2.41. The molecule has 0 radical (unpaired) electrons. The van der Waals surface area contributed by atoms with Gasteiger partial charge in [0, 0.05) is 17.2 Å². The molecule has 0 heterocycles. The van der Waals surface area contributed by atoms with Crippen LogP contribution in [0.15, 0.2) is 29.9 Å². The van der Waals surface area contributed by atoms with Gasteiger partial charge in [0.25, 0.3) is 0 Å². The van der Waals surface area contributed by atoms with E-state index in [1.807, 2.05) is 19.9 Å². The van der Waals surface area contributed by atoms with Crippen molar-refractivity contribution in [1.82, 2.24) is 0 Å². The third-order valence-corrected chi connectivity index (χ3v) is 2.79. The van der Waals surface area contributed by atoms with Gasteiger partial charge in [-0.3, -0.25) is 0 Å². The summed E-state index contributed by atoms with van der Waals surface area (Å²) in [6.07, 6.45) is 5.36. The number of carboxylic acids is 1. The van der Waals surface area contributed by atoms with Crippen molar-refractivity contribution in [2.24, 2.45) is 0 Å². The van der Waals surface area contributed by atoms with Gasteiger partial charge in [-0.1, -0.05) is 11.6 Å². The molecule has 0 aliphatic rings. The Bertz CT molecular complexity index is 538. The molecule has 1 rings (SSSR count). The molecule has 0 aromatic heterocycles. The zero-order chi connectivity index (χ0) is 15.1. The minimum atomic E-state index is -0.992. The molecular formula is C16H20O4. The summed E-state index contributed by atoms with van der Waals surface area (Å²) in [5.74, 6) is 0.375. The molecule has 1 aromatic rings. The Balaban J connectivity index is 3.32. The zero-order valence-electron chi connectivity index (χ0n) is 12.3. The van der Waals surface area contributed by atoms with Crippen LogP contribution >= 0.6 is 0 Å². The maximum atomic E-state index is 10.6. The van der Waals surface area contributed by atoms with Gasteiger partial charge in [-0.15, -0.1) is 0 Å². The SMILES string of the molecule is COc1ccc(C=CC(=O)O)c(OC)c1CC=C(C)C. The molecule has 4 heteroatoms. The lowest BCUT2D eigenvalue weighted by Crippen LogP contribution is -1.99. The Morgan fingerprint density at radius 3 is 2.45 bits per heavy atom. The lowest BCUT2D eigenvalue weighted by atomic mass is 10.0.